The molecule has 0 aromatic heterocycles. The molecule has 0 rings (SSSR count). The third-order valence-electron chi connectivity index (χ3n) is 2.21. The van der Waals surface area contributed by atoms with Gasteiger partial charge in [0.15, 0.2) is 0 Å². The molecule has 0 fully saturated rings. The summed E-state index contributed by atoms with van der Waals surface area (Å²) in [6, 6.07) is 0. The molecule has 0 amide bonds. The van der Waals surface area contributed by atoms with Gasteiger partial charge in [-0.15, -0.1) is 0 Å². The van der Waals surface area contributed by atoms with Crippen LogP contribution in [-0.4, -0.2) is 14.2 Å². The highest BCUT2D eigenvalue weighted by Gasteiger charge is 1.88. The smallest absolute Gasteiger partial charge is 0.0351 e. The van der Waals surface area contributed by atoms with Crippen molar-refractivity contribution in [3.63, 3.8) is 0 Å². The Kier molecular flexibility index (Phi) is 21.9. The summed E-state index contributed by atoms with van der Waals surface area (Å²) in [5.74, 6) is 0. The van der Waals surface area contributed by atoms with Gasteiger partial charge < -0.3 is 4.74 Å². The van der Waals surface area contributed by atoms with Gasteiger partial charge in [0.2, 0.25) is 0 Å². The summed E-state index contributed by atoms with van der Waals surface area (Å²) in [5, 5.41) is 0. The lowest BCUT2D eigenvalue weighted by atomic mass is 10.1. The first-order valence-corrected chi connectivity index (χ1v) is 6.23. The number of rotatable bonds is 8. The Balaban J connectivity index is 0. The number of hydrogen-bond donors (Lipinski definition) is 0. The Hall–Kier alpha value is -0.0400. The second-order valence-corrected chi connectivity index (χ2v) is 3.88. The molecule has 0 aliphatic heterocycles. The van der Waals surface area contributed by atoms with E-state index in [0.29, 0.717) is 0 Å². The lowest BCUT2D eigenvalue weighted by Crippen LogP contribution is -1.79. The average molecular weight is 202 g/mol. The van der Waals surface area contributed by atoms with Crippen LogP contribution >= 0.6 is 0 Å². The molecule has 1 heteroatoms. The number of methoxy groups -OCH3 is 1. The molecular formula is C13H30O. The van der Waals surface area contributed by atoms with Crippen molar-refractivity contribution >= 4 is 0 Å². The Morgan fingerprint density at radius 1 is 0.571 bits per heavy atom. The van der Waals surface area contributed by atoms with Crippen LogP contribution in [-0.2, 0) is 4.74 Å². The highest BCUT2D eigenvalue weighted by Crippen LogP contribution is 2.08. The van der Waals surface area contributed by atoms with Gasteiger partial charge in [0.25, 0.3) is 0 Å². The van der Waals surface area contributed by atoms with E-state index in [1.165, 1.54) is 57.8 Å². The first-order chi connectivity index (χ1) is 6.83. The van der Waals surface area contributed by atoms with E-state index in [0.717, 1.165) is 0 Å². The van der Waals surface area contributed by atoms with Gasteiger partial charge >= 0.3 is 0 Å². The van der Waals surface area contributed by atoms with Crippen LogP contribution in [0, 0.1) is 0 Å². The molecule has 14 heavy (non-hydrogen) atoms. The molecule has 0 saturated heterocycles. The van der Waals surface area contributed by atoms with Crippen LogP contribution in [0.25, 0.3) is 0 Å². The van der Waals surface area contributed by atoms with Crippen molar-refractivity contribution in [2.75, 3.05) is 14.2 Å². The van der Waals surface area contributed by atoms with E-state index in [9.17, 15) is 0 Å². The van der Waals surface area contributed by atoms with Gasteiger partial charge in [-0.2, -0.15) is 0 Å². The number of unbranched alkanes of at least 4 members (excludes halogenated alkanes) is 8. The van der Waals surface area contributed by atoms with Gasteiger partial charge in [0.05, 0.1) is 0 Å². The van der Waals surface area contributed by atoms with Gasteiger partial charge in [0, 0.05) is 14.2 Å². The van der Waals surface area contributed by atoms with Crippen molar-refractivity contribution in [1.82, 2.24) is 0 Å². The first-order valence-electron chi connectivity index (χ1n) is 6.23. The summed E-state index contributed by atoms with van der Waals surface area (Å²) in [6.45, 7) is 4.55. The summed E-state index contributed by atoms with van der Waals surface area (Å²) in [7, 11) is 3.25. The topological polar surface area (TPSA) is 9.23 Å². The first kappa shape index (κ1) is 16.4. The van der Waals surface area contributed by atoms with Crippen molar-refractivity contribution < 1.29 is 4.74 Å². The van der Waals surface area contributed by atoms with Crippen molar-refractivity contribution in [3.05, 3.63) is 0 Å². The molecular weight excluding hydrogens is 172 g/mol. The second-order valence-electron chi connectivity index (χ2n) is 3.88. The monoisotopic (exact) mass is 202 g/mol. The predicted octanol–water partition coefficient (Wildman–Crippen LogP) is 4.80. The molecule has 0 unspecified atom stereocenters. The van der Waals surface area contributed by atoms with E-state index in [1.807, 2.05) is 0 Å². The maximum Gasteiger partial charge on any atom is 0.0351 e. The fourth-order valence-electron chi connectivity index (χ4n) is 1.38. The quantitative estimate of drug-likeness (QED) is 0.514. The minimum atomic E-state index is 1.37. The van der Waals surface area contributed by atoms with Gasteiger partial charge in [-0.3, -0.25) is 0 Å². The minimum absolute atomic E-state index is 1.37. The summed E-state index contributed by atoms with van der Waals surface area (Å²) >= 11 is 0. The highest BCUT2D eigenvalue weighted by molar-refractivity contribution is 4.44. The third-order valence-corrected chi connectivity index (χ3v) is 2.21. The van der Waals surface area contributed by atoms with Crippen LogP contribution in [0.1, 0.15) is 71.6 Å². The lowest BCUT2D eigenvalue weighted by molar-refractivity contribution is 0.277. The lowest BCUT2D eigenvalue weighted by Gasteiger charge is -1.98. The van der Waals surface area contributed by atoms with Crippen LogP contribution in [0.2, 0.25) is 0 Å². The second kappa shape index (κ2) is 18.7. The molecule has 0 bridgehead atoms. The Bertz CT molecular complexity index is 63.6. The predicted molar refractivity (Wildman–Crippen MR) is 65.8 cm³/mol. The van der Waals surface area contributed by atoms with Crippen molar-refractivity contribution in [2.45, 2.75) is 71.6 Å². The van der Waals surface area contributed by atoms with Crippen LogP contribution in [0.15, 0.2) is 0 Å². The number of ether oxygens (including phenoxy) is 1. The van der Waals surface area contributed by atoms with E-state index < -0.39 is 0 Å². The van der Waals surface area contributed by atoms with Crippen molar-refractivity contribution in [1.29, 1.82) is 0 Å². The summed E-state index contributed by atoms with van der Waals surface area (Å²) in [5.41, 5.74) is 0. The van der Waals surface area contributed by atoms with Gasteiger partial charge in [-0.1, -0.05) is 71.6 Å². The molecule has 0 saturated carbocycles. The fraction of sp³-hybridized carbons (Fsp3) is 1.00. The molecule has 0 aromatic carbocycles. The van der Waals surface area contributed by atoms with E-state index in [4.69, 9.17) is 0 Å². The molecule has 0 heterocycles. The van der Waals surface area contributed by atoms with Crippen LogP contribution in [0.5, 0.6) is 0 Å². The maximum atomic E-state index is 4.25. The van der Waals surface area contributed by atoms with Gasteiger partial charge in [-0.05, 0) is 0 Å². The summed E-state index contributed by atoms with van der Waals surface area (Å²) in [6.07, 6.45) is 13.0. The molecule has 0 aliphatic rings. The van der Waals surface area contributed by atoms with E-state index >= 15 is 0 Å². The van der Waals surface area contributed by atoms with E-state index in [2.05, 4.69) is 18.6 Å². The van der Waals surface area contributed by atoms with Gasteiger partial charge in [-0.25, -0.2) is 0 Å². The summed E-state index contributed by atoms with van der Waals surface area (Å²) in [4.78, 5) is 0. The zero-order chi connectivity index (χ0) is 11.1. The normalized spacial score (nSPS) is 9.43. The standard InChI is InChI=1S/C11H24.C2H6O/c1-3-5-7-9-11-10-8-6-4-2;1-3-2/h3-11H2,1-2H3;1-2H3. The Labute approximate surface area is 91.2 Å². The zero-order valence-corrected chi connectivity index (χ0v) is 10.8. The molecule has 1 nitrogen and oxygen atoms in total. The van der Waals surface area contributed by atoms with Crippen molar-refractivity contribution in [2.24, 2.45) is 0 Å². The average Bonchev–Trinajstić information content (AvgIpc) is 2.18. The molecule has 0 atom stereocenters. The zero-order valence-electron chi connectivity index (χ0n) is 10.8. The molecule has 0 aliphatic carbocycles. The van der Waals surface area contributed by atoms with Crippen LogP contribution in [0.3, 0.4) is 0 Å². The van der Waals surface area contributed by atoms with Gasteiger partial charge in [0.1, 0.15) is 0 Å². The Morgan fingerprint density at radius 2 is 0.786 bits per heavy atom. The van der Waals surface area contributed by atoms with Crippen LogP contribution in [0.4, 0.5) is 0 Å². The van der Waals surface area contributed by atoms with Crippen molar-refractivity contribution in [3.8, 4) is 0 Å². The van der Waals surface area contributed by atoms with Crippen LogP contribution < -0.4 is 0 Å². The highest BCUT2D eigenvalue weighted by atomic mass is 16.4. The molecule has 88 valence electrons. The third kappa shape index (κ3) is 22.7. The molecule has 0 radical (unpaired) electrons. The maximum absolute atomic E-state index is 4.25. The fourth-order valence-corrected chi connectivity index (χ4v) is 1.38. The largest absolute Gasteiger partial charge is 0.388 e. The summed E-state index contributed by atoms with van der Waals surface area (Å²) < 4.78 is 4.25. The SMILES string of the molecule is CCCCCCCCCCC.COC. The van der Waals surface area contributed by atoms with E-state index in [1.54, 1.807) is 14.2 Å². The number of hydrogen-bond acceptors (Lipinski definition) is 1. The Morgan fingerprint density at radius 3 is 1.00 bits per heavy atom. The molecule has 0 N–H and O–H groups in total. The molecule has 0 spiro atoms. The molecule has 0 aromatic rings. The van der Waals surface area contributed by atoms with E-state index in [-0.39, 0.29) is 0 Å². The minimum Gasteiger partial charge on any atom is -0.388 e.